The largest absolute Gasteiger partial charge is 0.493 e. The first-order valence-electron chi connectivity index (χ1n) is 10.1. The molecule has 1 aromatic heterocycles. The van der Waals surface area contributed by atoms with Crippen LogP contribution in [0, 0.1) is 11.7 Å². The number of hydrogen-bond acceptors (Lipinski definition) is 3. The van der Waals surface area contributed by atoms with Crippen LogP contribution in [0.2, 0.25) is 0 Å². The predicted molar refractivity (Wildman–Crippen MR) is 110 cm³/mol. The number of hydrogen-bond donors (Lipinski definition) is 1. The number of para-hydroxylation sites is 1. The van der Waals surface area contributed by atoms with E-state index in [1.165, 1.54) is 25.3 Å². The van der Waals surface area contributed by atoms with Crippen molar-refractivity contribution in [3.63, 3.8) is 0 Å². The fourth-order valence-corrected chi connectivity index (χ4v) is 4.27. The van der Waals surface area contributed by atoms with Gasteiger partial charge in [0.2, 0.25) is 5.56 Å². The van der Waals surface area contributed by atoms with Crippen LogP contribution in [0.3, 0.4) is 0 Å². The second-order valence-corrected chi connectivity index (χ2v) is 8.09. The van der Waals surface area contributed by atoms with Crippen LogP contribution in [-0.4, -0.2) is 30.5 Å². The number of nitrogens with zero attached hydrogens (tertiary/aromatic N) is 1. The van der Waals surface area contributed by atoms with Gasteiger partial charge in [0.05, 0.1) is 19.6 Å². The maximum Gasteiger partial charge on any atom is 0.393 e. The molecule has 1 N–H and O–H groups in total. The molecule has 0 bridgehead atoms. The Balaban J connectivity index is 1.61. The number of alkyl halides is 3. The number of allylic oxidation sites excluding steroid dienone is 1. The normalized spacial score (nSPS) is 19.2. The zero-order valence-electron chi connectivity index (χ0n) is 16.9. The van der Waals surface area contributed by atoms with Gasteiger partial charge in [-0.25, -0.2) is 4.39 Å². The number of aromatic nitrogens is 1. The minimum atomic E-state index is -4.45. The van der Waals surface area contributed by atoms with Crippen molar-refractivity contribution in [3.05, 3.63) is 69.4 Å². The number of benzene rings is 1. The van der Waals surface area contributed by atoms with Gasteiger partial charge in [0.25, 0.3) is 0 Å². The average molecular weight is 434 g/mol. The van der Waals surface area contributed by atoms with Crippen molar-refractivity contribution >= 4 is 11.8 Å². The third-order valence-electron chi connectivity index (χ3n) is 6.05. The van der Waals surface area contributed by atoms with Gasteiger partial charge in [0, 0.05) is 35.0 Å². The molecule has 4 rings (SSSR count). The van der Waals surface area contributed by atoms with E-state index in [1.807, 2.05) is 0 Å². The third-order valence-corrected chi connectivity index (χ3v) is 6.05. The Bertz CT molecular complexity index is 1100. The van der Waals surface area contributed by atoms with Crippen LogP contribution in [0.5, 0.6) is 5.75 Å². The number of nitrogens with one attached hydrogen (secondary N) is 1. The molecule has 1 unspecified atom stereocenters. The molecule has 1 aromatic carbocycles. The number of halogens is 4. The standard InChI is InChI=1S/C23H22F4N2O2/c1-31-21-16(4-2-5-17(21)24)22(10-11-22)12-14(23(25,26)27)13-28-18-6-3-7-19-15(18)8-9-20(30)29-19/h2-5,7-9,14H,6,10-13H2,1H3,(H,29,30). The third kappa shape index (κ3) is 4.29. The van der Waals surface area contributed by atoms with E-state index >= 15 is 0 Å². The fraction of sp³-hybridized carbons (Fsp3) is 0.391. The van der Waals surface area contributed by atoms with Crippen LogP contribution < -0.4 is 10.3 Å². The van der Waals surface area contributed by atoms with Crippen LogP contribution >= 0.6 is 0 Å². The average Bonchev–Trinajstić information content (AvgIpc) is 3.50. The number of aromatic amines is 1. The fourth-order valence-electron chi connectivity index (χ4n) is 4.27. The lowest BCUT2D eigenvalue weighted by Crippen LogP contribution is -2.30. The molecule has 8 heteroatoms. The van der Waals surface area contributed by atoms with Crippen LogP contribution in [0.1, 0.15) is 42.5 Å². The highest BCUT2D eigenvalue weighted by molar-refractivity contribution is 6.05. The van der Waals surface area contributed by atoms with Crippen molar-refractivity contribution in [1.82, 2.24) is 4.98 Å². The van der Waals surface area contributed by atoms with Gasteiger partial charge in [-0.1, -0.05) is 18.2 Å². The molecule has 4 nitrogen and oxygen atoms in total. The van der Waals surface area contributed by atoms with Gasteiger partial charge in [0.15, 0.2) is 11.6 Å². The van der Waals surface area contributed by atoms with Gasteiger partial charge < -0.3 is 9.72 Å². The van der Waals surface area contributed by atoms with Crippen molar-refractivity contribution in [2.75, 3.05) is 13.7 Å². The smallest absolute Gasteiger partial charge is 0.393 e. The summed E-state index contributed by atoms with van der Waals surface area (Å²) in [6, 6.07) is 7.31. The zero-order chi connectivity index (χ0) is 22.2. The molecule has 1 saturated carbocycles. The van der Waals surface area contributed by atoms with Crippen LogP contribution in [0.25, 0.3) is 6.08 Å². The van der Waals surface area contributed by atoms with Gasteiger partial charge in [-0.3, -0.25) is 9.79 Å². The summed E-state index contributed by atoms with van der Waals surface area (Å²) in [6.07, 6.45) is 0.351. The maximum atomic E-state index is 14.1. The number of pyridine rings is 1. The molecule has 0 saturated heterocycles. The molecule has 0 amide bonds. The Morgan fingerprint density at radius 2 is 2.00 bits per heavy atom. The summed E-state index contributed by atoms with van der Waals surface area (Å²) < 4.78 is 61.1. The summed E-state index contributed by atoms with van der Waals surface area (Å²) in [5, 5.41) is 0. The summed E-state index contributed by atoms with van der Waals surface area (Å²) in [5.41, 5.74) is 1.14. The quantitative estimate of drug-likeness (QED) is 0.649. The van der Waals surface area contributed by atoms with Crippen molar-refractivity contribution in [1.29, 1.82) is 0 Å². The molecule has 0 spiro atoms. The second kappa shape index (κ2) is 7.98. The van der Waals surface area contributed by atoms with Crippen LogP contribution in [-0.2, 0) is 5.41 Å². The number of methoxy groups -OCH3 is 1. The molecule has 164 valence electrons. The second-order valence-electron chi connectivity index (χ2n) is 8.09. The van der Waals surface area contributed by atoms with E-state index in [9.17, 15) is 22.4 Å². The zero-order valence-corrected chi connectivity index (χ0v) is 16.9. The molecule has 2 aliphatic rings. The van der Waals surface area contributed by atoms with Crippen LogP contribution in [0.4, 0.5) is 17.6 Å². The van der Waals surface area contributed by atoms with Crippen molar-refractivity contribution < 1.29 is 22.3 Å². The summed E-state index contributed by atoms with van der Waals surface area (Å²) in [6.45, 7) is -0.426. The van der Waals surface area contributed by atoms with E-state index in [1.54, 1.807) is 24.3 Å². The lowest BCUT2D eigenvalue weighted by Gasteiger charge is -2.26. The molecule has 31 heavy (non-hydrogen) atoms. The lowest BCUT2D eigenvalue weighted by molar-refractivity contribution is -0.175. The highest BCUT2D eigenvalue weighted by atomic mass is 19.4. The van der Waals surface area contributed by atoms with E-state index in [4.69, 9.17) is 4.74 Å². The Kier molecular flexibility index (Phi) is 5.49. The number of H-pyrrole nitrogens is 1. The first kappa shape index (κ1) is 21.3. The van der Waals surface area contributed by atoms with E-state index in [0.29, 0.717) is 41.8 Å². The Morgan fingerprint density at radius 3 is 2.68 bits per heavy atom. The lowest BCUT2D eigenvalue weighted by atomic mass is 9.84. The number of rotatable bonds is 6. The molecule has 1 heterocycles. The maximum absolute atomic E-state index is 14.1. The summed E-state index contributed by atoms with van der Waals surface area (Å²) in [5.74, 6) is -2.23. The summed E-state index contributed by atoms with van der Waals surface area (Å²) >= 11 is 0. The highest BCUT2D eigenvalue weighted by Gasteiger charge is 2.52. The molecule has 1 fully saturated rings. The Morgan fingerprint density at radius 1 is 1.23 bits per heavy atom. The highest BCUT2D eigenvalue weighted by Crippen LogP contribution is 2.57. The van der Waals surface area contributed by atoms with Crippen molar-refractivity contribution in [2.45, 2.75) is 37.3 Å². The molecule has 0 radical (unpaired) electrons. The summed E-state index contributed by atoms with van der Waals surface area (Å²) in [7, 11) is 1.32. The first-order valence-corrected chi connectivity index (χ1v) is 10.1. The van der Waals surface area contributed by atoms with Crippen molar-refractivity contribution in [3.8, 4) is 5.75 Å². The molecular weight excluding hydrogens is 412 g/mol. The predicted octanol–water partition coefficient (Wildman–Crippen LogP) is 5.03. The Labute approximate surface area is 176 Å². The number of ether oxygens (including phenoxy) is 1. The molecule has 0 aliphatic heterocycles. The topological polar surface area (TPSA) is 54.4 Å². The minimum Gasteiger partial charge on any atom is -0.493 e. The van der Waals surface area contributed by atoms with E-state index in [2.05, 4.69) is 9.98 Å². The monoisotopic (exact) mass is 434 g/mol. The molecule has 2 aromatic rings. The minimum absolute atomic E-state index is 0.0162. The van der Waals surface area contributed by atoms with Gasteiger partial charge in [-0.2, -0.15) is 13.2 Å². The summed E-state index contributed by atoms with van der Waals surface area (Å²) in [4.78, 5) is 18.5. The Hall–Kier alpha value is -2.90. The number of fused-ring (bicyclic) bond motifs is 1. The van der Waals surface area contributed by atoms with Gasteiger partial charge >= 0.3 is 6.18 Å². The van der Waals surface area contributed by atoms with Gasteiger partial charge in [-0.15, -0.1) is 0 Å². The van der Waals surface area contributed by atoms with E-state index < -0.39 is 29.9 Å². The number of aliphatic imine (C=N–C) groups is 1. The molecule has 1 atom stereocenters. The van der Waals surface area contributed by atoms with Crippen molar-refractivity contribution in [2.24, 2.45) is 10.9 Å². The van der Waals surface area contributed by atoms with Gasteiger partial charge in [0.1, 0.15) is 0 Å². The van der Waals surface area contributed by atoms with Crippen LogP contribution in [0.15, 0.2) is 46.2 Å². The SMILES string of the molecule is COc1c(F)cccc1C1(CC(CN=C2CC=Cc3[nH]c(=O)ccc32)C(F)(F)F)CC1. The first-order chi connectivity index (χ1) is 14.7. The molecule has 2 aliphatic carbocycles. The molecular formula is C23H22F4N2O2. The van der Waals surface area contributed by atoms with E-state index in [0.717, 1.165) is 0 Å². The van der Waals surface area contributed by atoms with E-state index in [-0.39, 0.29) is 17.7 Å². The van der Waals surface area contributed by atoms with Gasteiger partial charge in [-0.05, 0) is 42.9 Å².